The zero-order valence-corrected chi connectivity index (χ0v) is 61.2. The molecule has 0 aliphatic heterocycles. The normalized spacial score (nSPS) is 13.7. The monoisotopic (exact) mass is 1230 g/mol. The number of rotatable bonds is 4. The summed E-state index contributed by atoms with van der Waals surface area (Å²) in [5.74, 6) is 0. The van der Waals surface area contributed by atoms with Crippen LogP contribution >= 0.6 is 0 Å². The molecule has 0 nitrogen and oxygen atoms in total. The summed E-state index contributed by atoms with van der Waals surface area (Å²) in [5.41, 5.74) is 30.9. The molecule has 0 atom stereocenters. The van der Waals surface area contributed by atoms with Crippen molar-refractivity contribution in [1.82, 2.24) is 0 Å². The van der Waals surface area contributed by atoms with Gasteiger partial charge >= 0.3 is 0 Å². The molecule has 0 radical (unpaired) electrons. The Morgan fingerprint density at radius 2 is 0.362 bits per heavy atom. The molecule has 0 heteroatoms. The second-order valence-corrected chi connectivity index (χ2v) is 36.7. The van der Waals surface area contributed by atoms with Crippen molar-refractivity contribution in [3.8, 4) is 89.0 Å². The Labute approximate surface area is 563 Å². The first-order valence-corrected chi connectivity index (χ1v) is 35.0. The molecule has 0 spiro atoms. The molecule has 0 saturated heterocycles. The van der Waals surface area contributed by atoms with E-state index >= 15 is 0 Å². The molecule has 0 N–H and O–H groups in total. The van der Waals surface area contributed by atoms with Crippen LogP contribution in [0.15, 0.2) is 170 Å². The first-order chi connectivity index (χ1) is 43.7. The average molecular weight is 1230 g/mol. The van der Waals surface area contributed by atoms with Crippen LogP contribution in [0.1, 0.15) is 211 Å². The molecule has 94 heavy (non-hydrogen) atoms. The molecule has 0 fully saturated rings. The molecule has 12 aromatic carbocycles. The summed E-state index contributed by atoms with van der Waals surface area (Å²) < 4.78 is 0. The van der Waals surface area contributed by atoms with E-state index in [-0.39, 0.29) is 43.3 Å². The van der Waals surface area contributed by atoms with Crippen LogP contribution in [0.3, 0.4) is 0 Å². The Hall–Kier alpha value is -8.06. The second-order valence-electron chi connectivity index (χ2n) is 36.7. The maximum Gasteiger partial charge on any atom is -0.000719 e. The van der Waals surface area contributed by atoms with E-state index < -0.39 is 0 Å². The molecule has 476 valence electrons. The summed E-state index contributed by atoms with van der Waals surface area (Å²) in [6, 6.07) is 69.3. The van der Waals surface area contributed by atoms with Gasteiger partial charge in [-0.05, 0) is 231 Å². The van der Waals surface area contributed by atoms with E-state index in [0.29, 0.717) is 0 Å². The van der Waals surface area contributed by atoms with Crippen molar-refractivity contribution in [2.24, 2.45) is 0 Å². The van der Waals surface area contributed by atoms with E-state index in [1.165, 1.54) is 187 Å². The Morgan fingerprint density at radius 3 is 0.574 bits per heavy atom. The fourth-order valence-electron chi connectivity index (χ4n) is 15.7. The number of benzene rings is 12. The largest absolute Gasteiger partial charge is 0.0610 e. The van der Waals surface area contributed by atoms with Crippen molar-refractivity contribution >= 4 is 53.9 Å². The highest BCUT2D eigenvalue weighted by Crippen LogP contribution is 2.63. The molecular weight excluding hydrogens is 1130 g/mol. The van der Waals surface area contributed by atoms with Crippen LogP contribution in [0, 0.1) is 0 Å². The highest BCUT2D eigenvalue weighted by molar-refractivity contribution is 6.36. The summed E-state index contributed by atoms with van der Waals surface area (Å²) >= 11 is 0. The van der Waals surface area contributed by atoms with Gasteiger partial charge in [-0.1, -0.05) is 336 Å². The van der Waals surface area contributed by atoms with Gasteiger partial charge in [0.2, 0.25) is 0 Å². The third-order valence-electron chi connectivity index (χ3n) is 21.4. The molecule has 2 aliphatic carbocycles. The lowest BCUT2D eigenvalue weighted by molar-refractivity contribution is 0.568. The summed E-state index contributed by atoms with van der Waals surface area (Å²) in [7, 11) is 0. The fraction of sp³-hybridized carbons (Fsp3) is 0.340. The van der Waals surface area contributed by atoms with Gasteiger partial charge in [0.15, 0.2) is 0 Å². The van der Waals surface area contributed by atoms with Crippen LogP contribution < -0.4 is 0 Å². The van der Waals surface area contributed by atoms with Crippen LogP contribution in [-0.4, -0.2) is 0 Å². The molecule has 0 heterocycles. The lowest BCUT2D eigenvalue weighted by atomic mass is 9.74. The summed E-state index contributed by atoms with van der Waals surface area (Å²) in [4.78, 5) is 0. The summed E-state index contributed by atoms with van der Waals surface area (Å²) in [6.45, 7) is 57.5. The quantitative estimate of drug-likeness (QED) is 0.154. The number of hydrogen-bond donors (Lipinski definition) is 0. The highest BCUT2D eigenvalue weighted by Gasteiger charge is 2.38. The van der Waals surface area contributed by atoms with Crippen LogP contribution in [0.2, 0.25) is 0 Å². The number of hydrogen-bond acceptors (Lipinski definition) is 0. The van der Waals surface area contributed by atoms with Crippen LogP contribution in [0.5, 0.6) is 0 Å². The fourth-order valence-corrected chi connectivity index (χ4v) is 15.7. The van der Waals surface area contributed by atoms with Gasteiger partial charge in [0, 0.05) is 0 Å². The van der Waals surface area contributed by atoms with Gasteiger partial charge in [-0.2, -0.15) is 0 Å². The zero-order valence-electron chi connectivity index (χ0n) is 61.2. The predicted molar refractivity (Wildman–Crippen MR) is 414 cm³/mol. The van der Waals surface area contributed by atoms with Crippen LogP contribution in [0.4, 0.5) is 0 Å². The molecule has 0 amide bonds. The molecule has 0 aromatic heterocycles. The highest BCUT2D eigenvalue weighted by atomic mass is 14.4. The van der Waals surface area contributed by atoms with Gasteiger partial charge in [-0.15, -0.1) is 0 Å². The van der Waals surface area contributed by atoms with Crippen molar-refractivity contribution in [3.05, 3.63) is 214 Å². The van der Waals surface area contributed by atoms with E-state index in [1.54, 1.807) is 0 Å². The minimum Gasteiger partial charge on any atom is -0.0610 e. The van der Waals surface area contributed by atoms with Gasteiger partial charge in [0.1, 0.15) is 0 Å². The Bertz CT molecular complexity index is 4750. The Kier molecular flexibility index (Phi) is 14.0. The first-order valence-electron chi connectivity index (χ1n) is 35.0. The number of fused-ring (bicyclic) bond motifs is 11. The SMILES string of the molecule is CC(C)(C)c1cc(-c2c3c(c(-c4cc(C(C)(C)C)cc(C(C)(C)C)c4)c4c2ccc2c4ccc4c(-c5cc(C(C)(C)C)cc(C(C)(C)C)c5)c5c(c(-c6cc(C(C)(C)C)cc(C(C)(C)C)c6)c42)-c2cccc4cccc-5c24)-c2cccc4cccc-3c24)cc(C(C)(C)C)c1. The van der Waals surface area contributed by atoms with Crippen molar-refractivity contribution in [2.45, 2.75) is 209 Å². The van der Waals surface area contributed by atoms with Crippen molar-refractivity contribution < 1.29 is 0 Å². The maximum atomic E-state index is 2.59. The van der Waals surface area contributed by atoms with Gasteiger partial charge in [0.05, 0.1) is 0 Å². The molecule has 14 rings (SSSR count). The lowest BCUT2D eigenvalue weighted by Crippen LogP contribution is -2.17. The van der Waals surface area contributed by atoms with E-state index in [9.17, 15) is 0 Å². The third kappa shape index (κ3) is 10.2. The molecule has 12 aromatic rings. The Morgan fingerprint density at radius 1 is 0.170 bits per heavy atom. The van der Waals surface area contributed by atoms with E-state index in [0.717, 1.165) is 0 Å². The standard InChI is InChI=1S/C94H100/c1-87(2,3)59-41-55(42-60(49-59)88(4,5)6)77-73-39-37-68-67(81(73)79(57-45-63(91(13,14)15)51-64(46-57)92(16,17)18)85-71-35-27-31-53-29-25-33-69(75(53)71)83(77)85)38-40-74-78(56-43-61(89(7,8)9)50-62(44-56)90(10,11)12)84-70-34-26-30-54-32-28-36-72(76(54)70)86(84)80(82(68)74)58-47-65(93(19,20)21)52-66(48-58)94(22,23)24/h25-52H,1-24H3. The first kappa shape index (κ1) is 63.3. The van der Waals surface area contributed by atoms with Gasteiger partial charge in [-0.25, -0.2) is 0 Å². The Balaban J connectivity index is 1.30. The minimum atomic E-state index is -0.121. The van der Waals surface area contributed by atoms with Crippen molar-refractivity contribution in [2.75, 3.05) is 0 Å². The topological polar surface area (TPSA) is 0 Å². The molecular formula is C94H100. The maximum absolute atomic E-state index is 2.59. The van der Waals surface area contributed by atoms with Gasteiger partial charge < -0.3 is 0 Å². The van der Waals surface area contributed by atoms with Crippen LogP contribution in [0.25, 0.3) is 143 Å². The molecule has 0 bridgehead atoms. The lowest BCUT2D eigenvalue weighted by Gasteiger charge is -2.30. The summed E-state index contributed by atoms with van der Waals surface area (Å²) in [6.07, 6.45) is 0. The van der Waals surface area contributed by atoms with E-state index in [4.69, 9.17) is 0 Å². The summed E-state index contributed by atoms with van der Waals surface area (Å²) in [5, 5.41) is 13.0. The van der Waals surface area contributed by atoms with Crippen molar-refractivity contribution in [1.29, 1.82) is 0 Å². The molecule has 0 unspecified atom stereocenters. The van der Waals surface area contributed by atoms with Gasteiger partial charge in [-0.3, -0.25) is 0 Å². The third-order valence-corrected chi connectivity index (χ3v) is 21.4. The van der Waals surface area contributed by atoms with Crippen molar-refractivity contribution in [3.63, 3.8) is 0 Å². The van der Waals surface area contributed by atoms with Crippen LogP contribution in [-0.2, 0) is 43.3 Å². The van der Waals surface area contributed by atoms with Gasteiger partial charge in [0.25, 0.3) is 0 Å². The molecule has 0 saturated carbocycles. The smallest absolute Gasteiger partial charge is 0.000719 e. The van der Waals surface area contributed by atoms with E-state index in [2.05, 4.69) is 336 Å². The second kappa shape index (κ2) is 20.7. The van der Waals surface area contributed by atoms with E-state index in [1.807, 2.05) is 0 Å². The predicted octanol–water partition coefficient (Wildman–Crippen LogP) is 27.8. The minimum absolute atomic E-state index is 0.101. The zero-order chi connectivity index (χ0) is 67.4. The average Bonchev–Trinajstić information content (AvgIpc) is 1.52. The molecule has 2 aliphatic rings.